The maximum atomic E-state index is 12.3. The number of ether oxygens (including phenoxy) is 1. The van der Waals surface area contributed by atoms with Crippen molar-refractivity contribution in [3.05, 3.63) is 29.8 Å². The summed E-state index contributed by atoms with van der Waals surface area (Å²) >= 11 is 0. The lowest BCUT2D eigenvalue weighted by Crippen LogP contribution is -2.41. The van der Waals surface area contributed by atoms with Gasteiger partial charge in [-0.05, 0) is 18.9 Å². The fourth-order valence-corrected chi connectivity index (χ4v) is 3.80. The number of rotatable bonds is 3. The molecule has 1 N–H and O–H groups in total. The highest BCUT2D eigenvalue weighted by Crippen LogP contribution is 2.47. The van der Waals surface area contributed by atoms with Gasteiger partial charge in [-0.2, -0.15) is 0 Å². The Morgan fingerprint density at radius 1 is 1.24 bits per heavy atom. The molecule has 1 saturated heterocycles. The third kappa shape index (κ3) is 1.69. The molecular weight excluding hydrogens is 240 g/mol. The van der Waals surface area contributed by atoms with Crippen LogP contribution >= 0.6 is 0 Å². The molecule has 17 heavy (non-hydrogen) atoms. The molecule has 2 aliphatic rings. The van der Waals surface area contributed by atoms with E-state index in [2.05, 4.69) is 0 Å². The lowest BCUT2D eigenvalue weighted by atomic mass is 10.1. The van der Waals surface area contributed by atoms with E-state index in [1.807, 2.05) is 0 Å². The average Bonchev–Trinajstić information content (AvgIpc) is 2.95. The molecule has 0 spiro atoms. The summed E-state index contributed by atoms with van der Waals surface area (Å²) in [6.45, 7) is 0.518. The molecule has 5 heteroatoms. The standard InChI is InChI=1S/C12H14O4S/c13-12(5-6-12)10-3-1-2-4-11(10)17(14,15)9-7-16-8-9/h1-4,9,13H,5-8H2. The Morgan fingerprint density at radius 3 is 2.41 bits per heavy atom. The van der Waals surface area contributed by atoms with E-state index in [4.69, 9.17) is 4.74 Å². The second-order valence-electron chi connectivity index (χ2n) is 4.73. The molecule has 0 aromatic heterocycles. The van der Waals surface area contributed by atoms with Crippen LogP contribution in [0.4, 0.5) is 0 Å². The maximum Gasteiger partial charge on any atom is 0.186 e. The van der Waals surface area contributed by atoms with Crippen LogP contribution in [0, 0.1) is 0 Å². The van der Waals surface area contributed by atoms with Crippen LogP contribution in [0.2, 0.25) is 0 Å². The first kappa shape index (κ1) is 11.2. The Labute approximate surface area is 100 Å². The lowest BCUT2D eigenvalue weighted by molar-refractivity contribution is 0.0414. The van der Waals surface area contributed by atoms with E-state index in [9.17, 15) is 13.5 Å². The summed E-state index contributed by atoms with van der Waals surface area (Å²) in [6.07, 6.45) is 1.28. The van der Waals surface area contributed by atoms with E-state index < -0.39 is 20.7 Å². The molecule has 1 aliphatic heterocycles. The Balaban J connectivity index is 2.08. The molecular formula is C12H14O4S. The predicted molar refractivity (Wildman–Crippen MR) is 61.4 cm³/mol. The van der Waals surface area contributed by atoms with Gasteiger partial charge in [0.05, 0.1) is 23.7 Å². The molecule has 0 bridgehead atoms. The molecule has 0 radical (unpaired) electrons. The molecule has 1 aliphatic carbocycles. The van der Waals surface area contributed by atoms with Crippen LogP contribution in [-0.4, -0.2) is 32.0 Å². The highest BCUT2D eigenvalue weighted by atomic mass is 32.2. The summed E-state index contributed by atoms with van der Waals surface area (Å²) in [7, 11) is -3.36. The first-order valence-corrected chi connectivity index (χ1v) is 7.22. The largest absolute Gasteiger partial charge is 0.385 e. The summed E-state index contributed by atoms with van der Waals surface area (Å²) < 4.78 is 29.6. The van der Waals surface area contributed by atoms with Gasteiger partial charge in [0.15, 0.2) is 9.84 Å². The third-order valence-corrected chi connectivity index (χ3v) is 5.58. The third-order valence-electron chi connectivity index (χ3n) is 3.46. The fourth-order valence-electron chi connectivity index (χ4n) is 2.06. The maximum absolute atomic E-state index is 12.3. The van der Waals surface area contributed by atoms with E-state index in [1.54, 1.807) is 24.3 Å². The molecule has 0 atom stereocenters. The van der Waals surface area contributed by atoms with Gasteiger partial charge in [0, 0.05) is 5.56 Å². The molecule has 1 saturated carbocycles. The van der Waals surface area contributed by atoms with Crippen LogP contribution in [0.15, 0.2) is 29.2 Å². The minimum Gasteiger partial charge on any atom is -0.385 e. The zero-order valence-corrected chi connectivity index (χ0v) is 10.1. The zero-order chi connectivity index (χ0) is 12.1. The average molecular weight is 254 g/mol. The van der Waals surface area contributed by atoms with Crippen LogP contribution in [0.1, 0.15) is 18.4 Å². The van der Waals surface area contributed by atoms with Crippen LogP contribution in [0.3, 0.4) is 0 Å². The Bertz CT molecular complexity index is 541. The van der Waals surface area contributed by atoms with Crippen LogP contribution < -0.4 is 0 Å². The van der Waals surface area contributed by atoms with Gasteiger partial charge in [0.1, 0.15) is 5.25 Å². The highest BCUT2D eigenvalue weighted by Gasteiger charge is 2.46. The molecule has 1 aromatic carbocycles. The minimum absolute atomic E-state index is 0.259. The topological polar surface area (TPSA) is 63.6 Å². The van der Waals surface area contributed by atoms with Crippen molar-refractivity contribution in [2.45, 2.75) is 28.6 Å². The van der Waals surface area contributed by atoms with Crippen molar-refractivity contribution < 1.29 is 18.3 Å². The molecule has 4 nitrogen and oxygen atoms in total. The lowest BCUT2D eigenvalue weighted by Gasteiger charge is -2.27. The number of benzene rings is 1. The number of aliphatic hydroxyl groups is 1. The van der Waals surface area contributed by atoms with Crippen molar-refractivity contribution in [2.24, 2.45) is 0 Å². The van der Waals surface area contributed by atoms with E-state index in [-0.39, 0.29) is 18.1 Å². The van der Waals surface area contributed by atoms with Crippen molar-refractivity contribution in [2.75, 3.05) is 13.2 Å². The highest BCUT2D eigenvalue weighted by molar-refractivity contribution is 7.92. The molecule has 1 heterocycles. The predicted octanol–water partition coefficient (Wildman–Crippen LogP) is 0.841. The van der Waals surface area contributed by atoms with E-state index >= 15 is 0 Å². The van der Waals surface area contributed by atoms with Crippen LogP contribution in [0.25, 0.3) is 0 Å². The van der Waals surface area contributed by atoms with Crippen molar-refractivity contribution >= 4 is 9.84 Å². The van der Waals surface area contributed by atoms with Crippen LogP contribution in [0.5, 0.6) is 0 Å². The summed E-state index contributed by atoms with van der Waals surface area (Å²) in [5.41, 5.74) is -0.374. The van der Waals surface area contributed by atoms with Gasteiger partial charge in [-0.25, -0.2) is 8.42 Å². The fraction of sp³-hybridized carbons (Fsp3) is 0.500. The molecule has 92 valence electrons. The number of hydrogen-bond donors (Lipinski definition) is 1. The first-order valence-electron chi connectivity index (χ1n) is 5.68. The van der Waals surface area contributed by atoms with E-state index in [0.717, 1.165) is 0 Å². The van der Waals surface area contributed by atoms with Crippen molar-refractivity contribution in [3.8, 4) is 0 Å². The summed E-state index contributed by atoms with van der Waals surface area (Å²) in [5, 5.41) is 9.67. The summed E-state index contributed by atoms with van der Waals surface area (Å²) in [6, 6.07) is 6.75. The zero-order valence-electron chi connectivity index (χ0n) is 9.30. The van der Waals surface area contributed by atoms with Gasteiger partial charge in [-0.1, -0.05) is 18.2 Å². The van der Waals surface area contributed by atoms with Gasteiger partial charge >= 0.3 is 0 Å². The van der Waals surface area contributed by atoms with Gasteiger partial charge in [-0.3, -0.25) is 0 Å². The summed E-state index contributed by atoms with van der Waals surface area (Å²) in [4.78, 5) is 0.272. The minimum atomic E-state index is -3.36. The molecule has 0 amide bonds. The molecule has 2 fully saturated rings. The van der Waals surface area contributed by atoms with Crippen molar-refractivity contribution in [1.82, 2.24) is 0 Å². The molecule has 1 aromatic rings. The normalized spacial score (nSPS) is 23.1. The first-order chi connectivity index (χ1) is 8.04. The van der Waals surface area contributed by atoms with Crippen molar-refractivity contribution in [1.29, 1.82) is 0 Å². The quantitative estimate of drug-likeness (QED) is 0.868. The Hall–Kier alpha value is -0.910. The Kier molecular flexibility index (Phi) is 2.33. The second-order valence-corrected chi connectivity index (χ2v) is 6.93. The SMILES string of the molecule is O=S(=O)(c1ccccc1C1(O)CC1)C1COC1. The number of sulfone groups is 1. The molecule has 0 unspecified atom stereocenters. The van der Waals surface area contributed by atoms with Gasteiger partial charge in [-0.15, -0.1) is 0 Å². The van der Waals surface area contributed by atoms with Gasteiger partial charge < -0.3 is 9.84 Å². The van der Waals surface area contributed by atoms with E-state index in [1.165, 1.54) is 0 Å². The smallest absolute Gasteiger partial charge is 0.186 e. The van der Waals surface area contributed by atoms with Crippen LogP contribution in [-0.2, 0) is 20.2 Å². The summed E-state index contributed by atoms with van der Waals surface area (Å²) in [5.74, 6) is 0. The second kappa shape index (κ2) is 3.54. The molecule has 3 rings (SSSR count). The number of hydrogen-bond acceptors (Lipinski definition) is 4. The van der Waals surface area contributed by atoms with E-state index in [0.29, 0.717) is 18.4 Å². The van der Waals surface area contributed by atoms with Crippen molar-refractivity contribution in [3.63, 3.8) is 0 Å². The van der Waals surface area contributed by atoms with Gasteiger partial charge in [0.25, 0.3) is 0 Å². The monoisotopic (exact) mass is 254 g/mol. The Morgan fingerprint density at radius 2 is 1.88 bits per heavy atom. The van der Waals surface area contributed by atoms with Gasteiger partial charge in [0.2, 0.25) is 0 Å².